The van der Waals surface area contributed by atoms with Gasteiger partial charge in [-0.25, -0.2) is 4.79 Å². The normalized spacial score (nSPS) is 11.8. The fraction of sp³-hybridized carbons (Fsp3) is 0.900. The lowest BCUT2D eigenvalue weighted by molar-refractivity contribution is -0.881. The lowest BCUT2D eigenvalue weighted by atomic mass is 10.2. The molecule has 92 valence electrons. The standard InChI is InChI=1S/C10H21N4O2/c1-10(2,3)16-9(15)8-14(4,5)7-6-12-13-11/h6-8H2,1-5H3/q+1. The van der Waals surface area contributed by atoms with Crippen molar-refractivity contribution < 1.29 is 14.0 Å². The van der Waals surface area contributed by atoms with Crippen LogP contribution in [0.5, 0.6) is 0 Å². The largest absolute Gasteiger partial charge is 0.456 e. The Hall–Kier alpha value is -1.26. The van der Waals surface area contributed by atoms with Gasteiger partial charge in [0.15, 0.2) is 6.54 Å². The monoisotopic (exact) mass is 229 g/mol. The van der Waals surface area contributed by atoms with E-state index in [1.807, 2.05) is 34.9 Å². The number of hydrogen-bond acceptors (Lipinski definition) is 3. The van der Waals surface area contributed by atoms with E-state index < -0.39 is 5.60 Å². The van der Waals surface area contributed by atoms with Crippen LogP contribution in [-0.4, -0.2) is 49.8 Å². The molecule has 6 heteroatoms. The summed E-state index contributed by atoms with van der Waals surface area (Å²) in [6, 6.07) is 0. The number of hydrogen-bond donors (Lipinski definition) is 0. The number of quaternary nitrogens is 1. The topological polar surface area (TPSA) is 75.1 Å². The Morgan fingerprint density at radius 2 is 2.00 bits per heavy atom. The van der Waals surface area contributed by atoms with Crippen LogP contribution >= 0.6 is 0 Å². The van der Waals surface area contributed by atoms with Crippen LogP contribution in [0.2, 0.25) is 0 Å². The van der Waals surface area contributed by atoms with Crippen LogP contribution < -0.4 is 0 Å². The van der Waals surface area contributed by atoms with E-state index in [-0.39, 0.29) is 12.5 Å². The van der Waals surface area contributed by atoms with Gasteiger partial charge in [-0.1, -0.05) is 5.11 Å². The number of ether oxygens (including phenoxy) is 1. The predicted molar refractivity (Wildman–Crippen MR) is 61.7 cm³/mol. The van der Waals surface area contributed by atoms with Gasteiger partial charge >= 0.3 is 5.97 Å². The first-order valence-corrected chi connectivity index (χ1v) is 5.21. The Balaban J connectivity index is 4.14. The molecule has 0 bridgehead atoms. The second-order valence-electron chi connectivity index (χ2n) is 5.36. The molecule has 0 unspecified atom stereocenters. The minimum atomic E-state index is -0.456. The Kier molecular flexibility index (Phi) is 5.27. The molecule has 0 aromatic heterocycles. The van der Waals surface area contributed by atoms with Crippen molar-refractivity contribution in [1.29, 1.82) is 0 Å². The van der Waals surface area contributed by atoms with Crippen molar-refractivity contribution in [3.63, 3.8) is 0 Å². The molecule has 0 aliphatic rings. The van der Waals surface area contributed by atoms with Gasteiger partial charge in [0.1, 0.15) is 5.60 Å². The number of azide groups is 1. The Bertz CT molecular complexity index is 288. The summed E-state index contributed by atoms with van der Waals surface area (Å²) in [5.74, 6) is -0.238. The molecule has 0 aliphatic heterocycles. The highest BCUT2D eigenvalue weighted by atomic mass is 16.6. The van der Waals surface area contributed by atoms with Crippen LogP contribution in [0.15, 0.2) is 5.11 Å². The highest BCUT2D eigenvalue weighted by molar-refractivity contribution is 5.71. The maximum atomic E-state index is 11.6. The van der Waals surface area contributed by atoms with E-state index in [4.69, 9.17) is 10.3 Å². The lowest BCUT2D eigenvalue weighted by Gasteiger charge is -2.29. The Morgan fingerprint density at radius 1 is 1.44 bits per heavy atom. The molecule has 0 spiro atoms. The average Bonchev–Trinajstić information content (AvgIpc) is 1.98. The average molecular weight is 229 g/mol. The van der Waals surface area contributed by atoms with E-state index in [0.717, 1.165) is 0 Å². The molecular formula is C10H21N4O2+. The summed E-state index contributed by atoms with van der Waals surface area (Å²) >= 11 is 0. The molecule has 6 nitrogen and oxygen atoms in total. The molecular weight excluding hydrogens is 208 g/mol. The van der Waals surface area contributed by atoms with Gasteiger partial charge in [0, 0.05) is 4.91 Å². The molecule has 0 heterocycles. The van der Waals surface area contributed by atoms with Gasteiger partial charge in [0.2, 0.25) is 0 Å². The zero-order valence-electron chi connectivity index (χ0n) is 10.7. The number of nitrogens with zero attached hydrogens (tertiary/aromatic N) is 4. The third-order valence-electron chi connectivity index (χ3n) is 1.85. The second-order valence-corrected chi connectivity index (χ2v) is 5.36. The van der Waals surface area contributed by atoms with Crippen molar-refractivity contribution in [2.24, 2.45) is 5.11 Å². The number of carbonyl (C=O) groups excluding carboxylic acids is 1. The van der Waals surface area contributed by atoms with Crippen molar-refractivity contribution in [2.75, 3.05) is 33.7 Å². The third-order valence-corrected chi connectivity index (χ3v) is 1.85. The molecule has 0 aromatic rings. The van der Waals surface area contributed by atoms with Crippen LogP contribution in [0, 0.1) is 0 Å². The molecule has 0 aliphatic carbocycles. The maximum absolute atomic E-state index is 11.6. The molecule has 0 rings (SSSR count). The van der Waals surface area contributed by atoms with E-state index in [0.29, 0.717) is 17.6 Å². The van der Waals surface area contributed by atoms with Gasteiger partial charge in [-0.15, -0.1) is 0 Å². The highest BCUT2D eigenvalue weighted by Gasteiger charge is 2.24. The molecule has 0 N–H and O–H groups in total. The number of rotatable bonds is 5. The van der Waals surface area contributed by atoms with E-state index in [2.05, 4.69) is 10.0 Å². The predicted octanol–water partition coefficient (Wildman–Crippen LogP) is 1.71. The summed E-state index contributed by atoms with van der Waals surface area (Å²) in [7, 11) is 3.80. The number of carbonyl (C=O) groups is 1. The summed E-state index contributed by atoms with van der Waals surface area (Å²) in [5, 5.41) is 3.45. The Labute approximate surface area is 96.4 Å². The zero-order valence-corrected chi connectivity index (χ0v) is 10.7. The summed E-state index contributed by atoms with van der Waals surface area (Å²) < 4.78 is 5.67. The number of esters is 1. The van der Waals surface area contributed by atoms with Crippen molar-refractivity contribution in [3.05, 3.63) is 10.4 Å². The van der Waals surface area contributed by atoms with Crippen LogP contribution in [-0.2, 0) is 9.53 Å². The van der Waals surface area contributed by atoms with Gasteiger partial charge in [-0.2, -0.15) is 0 Å². The fourth-order valence-corrected chi connectivity index (χ4v) is 1.16. The maximum Gasteiger partial charge on any atom is 0.362 e. The summed E-state index contributed by atoms with van der Waals surface area (Å²) in [5.41, 5.74) is 7.70. The van der Waals surface area contributed by atoms with Crippen molar-refractivity contribution in [2.45, 2.75) is 26.4 Å². The second kappa shape index (κ2) is 5.72. The lowest BCUT2D eigenvalue weighted by Crippen LogP contribution is -2.47. The molecule has 16 heavy (non-hydrogen) atoms. The molecule has 0 saturated heterocycles. The van der Waals surface area contributed by atoms with Gasteiger partial charge < -0.3 is 9.22 Å². The molecule has 0 fully saturated rings. The van der Waals surface area contributed by atoms with Gasteiger partial charge in [0.05, 0.1) is 27.2 Å². The first-order chi connectivity index (χ1) is 7.16. The van der Waals surface area contributed by atoms with Crippen molar-refractivity contribution >= 4 is 5.97 Å². The van der Waals surface area contributed by atoms with Crippen LogP contribution in [0.25, 0.3) is 10.4 Å². The van der Waals surface area contributed by atoms with Crippen molar-refractivity contribution in [3.8, 4) is 0 Å². The van der Waals surface area contributed by atoms with E-state index in [1.54, 1.807) is 0 Å². The molecule has 0 radical (unpaired) electrons. The molecule has 0 amide bonds. The first kappa shape index (κ1) is 14.7. The summed E-state index contributed by atoms with van der Waals surface area (Å²) in [4.78, 5) is 14.2. The molecule has 0 aromatic carbocycles. The van der Waals surface area contributed by atoms with Gasteiger partial charge in [-0.3, -0.25) is 0 Å². The van der Waals surface area contributed by atoms with Crippen LogP contribution in [0.1, 0.15) is 20.8 Å². The summed E-state index contributed by atoms with van der Waals surface area (Å²) in [6.45, 7) is 6.79. The third kappa shape index (κ3) is 8.08. The number of likely N-dealkylation sites (N-methyl/N-ethyl adjacent to an activating group) is 1. The van der Waals surface area contributed by atoms with Gasteiger partial charge in [0.25, 0.3) is 0 Å². The Morgan fingerprint density at radius 3 is 2.44 bits per heavy atom. The van der Waals surface area contributed by atoms with E-state index in [1.165, 1.54) is 0 Å². The molecule has 0 atom stereocenters. The van der Waals surface area contributed by atoms with Crippen molar-refractivity contribution in [1.82, 2.24) is 0 Å². The first-order valence-electron chi connectivity index (χ1n) is 5.21. The SMILES string of the molecule is CC(C)(C)OC(=O)C[N+](C)(C)CCN=[N+]=[N-]. The van der Waals surface area contributed by atoms with Crippen LogP contribution in [0.4, 0.5) is 0 Å². The minimum Gasteiger partial charge on any atom is -0.456 e. The highest BCUT2D eigenvalue weighted by Crippen LogP contribution is 2.08. The van der Waals surface area contributed by atoms with Crippen LogP contribution in [0.3, 0.4) is 0 Å². The van der Waals surface area contributed by atoms with Gasteiger partial charge in [-0.05, 0) is 26.3 Å². The fourth-order valence-electron chi connectivity index (χ4n) is 1.16. The zero-order chi connectivity index (χ0) is 12.8. The van der Waals surface area contributed by atoms with E-state index >= 15 is 0 Å². The molecule has 0 saturated carbocycles. The smallest absolute Gasteiger partial charge is 0.362 e. The van der Waals surface area contributed by atoms with E-state index in [9.17, 15) is 4.79 Å². The quantitative estimate of drug-likeness (QED) is 0.236. The summed E-state index contributed by atoms with van der Waals surface area (Å²) in [6.07, 6.45) is 0. The minimum absolute atomic E-state index is 0.238.